The first-order valence-electron chi connectivity index (χ1n) is 8.82. The number of nitrogens with one attached hydrogen (secondary N) is 1. The number of thiazole rings is 1. The number of hydrogen-bond acceptors (Lipinski definition) is 7. The molecule has 8 heteroatoms. The molecule has 0 aliphatic carbocycles. The standard InChI is InChI=1S/C22H18FN3O3S/c1-13(27)17-8-20(28-2)21(29-3)9-18(17)25-11-15(10-24)22-26-19(12-30-22)14-4-6-16(23)7-5-14/h4-9,11-12,25H,1-3H3. The van der Waals surface area contributed by atoms with E-state index in [0.717, 1.165) is 5.56 Å². The van der Waals surface area contributed by atoms with Crippen LogP contribution in [0.15, 0.2) is 48.0 Å². The number of ether oxygens (including phenoxy) is 2. The second-order valence-corrected chi connectivity index (χ2v) is 7.03. The van der Waals surface area contributed by atoms with Crippen LogP contribution in [-0.2, 0) is 0 Å². The van der Waals surface area contributed by atoms with Gasteiger partial charge in [0.1, 0.15) is 22.5 Å². The molecule has 0 saturated carbocycles. The Balaban J connectivity index is 1.92. The average molecular weight is 423 g/mol. The van der Waals surface area contributed by atoms with Crippen molar-refractivity contribution in [2.24, 2.45) is 0 Å². The van der Waals surface area contributed by atoms with Crippen molar-refractivity contribution in [3.63, 3.8) is 0 Å². The van der Waals surface area contributed by atoms with Gasteiger partial charge in [0, 0.05) is 28.8 Å². The summed E-state index contributed by atoms with van der Waals surface area (Å²) in [6.45, 7) is 1.44. The summed E-state index contributed by atoms with van der Waals surface area (Å²) in [4.78, 5) is 16.5. The Bertz CT molecular complexity index is 1150. The molecule has 3 aromatic rings. The van der Waals surface area contributed by atoms with Crippen molar-refractivity contribution in [3.8, 4) is 28.8 Å². The number of anilines is 1. The molecule has 152 valence electrons. The number of aromatic nitrogens is 1. The minimum Gasteiger partial charge on any atom is -0.493 e. The molecular weight excluding hydrogens is 405 g/mol. The number of allylic oxidation sites excluding steroid dienone is 1. The second kappa shape index (κ2) is 9.20. The maximum atomic E-state index is 13.1. The van der Waals surface area contributed by atoms with Crippen LogP contribution in [0.25, 0.3) is 16.8 Å². The van der Waals surface area contributed by atoms with Crippen LogP contribution in [0.1, 0.15) is 22.3 Å². The van der Waals surface area contributed by atoms with E-state index in [1.54, 1.807) is 29.6 Å². The van der Waals surface area contributed by atoms with E-state index in [4.69, 9.17) is 9.47 Å². The fourth-order valence-electron chi connectivity index (χ4n) is 2.73. The largest absolute Gasteiger partial charge is 0.493 e. The topological polar surface area (TPSA) is 84.2 Å². The summed E-state index contributed by atoms with van der Waals surface area (Å²) in [5.41, 5.74) is 2.56. The smallest absolute Gasteiger partial charge is 0.162 e. The molecule has 0 radical (unpaired) electrons. The summed E-state index contributed by atoms with van der Waals surface area (Å²) in [6.07, 6.45) is 1.49. The molecule has 30 heavy (non-hydrogen) atoms. The lowest BCUT2D eigenvalue weighted by atomic mass is 10.1. The van der Waals surface area contributed by atoms with Crippen LogP contribution in [-0.4, -0.2) is 25.0 Å². The number of methoxy groups -OCH3 is 2. The highest BCUT2D eigenvalue weighted by Crippen LogP contribution is 2.34. The third-order valence-electron chi connectivity index (χ3n) is 4.27. The number of carbonyl (C=O) groups excluding carboxylic acids is 1. The molecule has 0 bridgehead atoms. The van der Waals surface area contributed by atoms with Gasteiger partial charge in [0.05, 0.1) is 25.6 Å². The number of halogens is 1. The van der Waals surface area contributed by atoms with Crippen molar-refractivity contribution in [1.82, 2.24) is 4.98 Å². The van der Waals surface area contributed by atoms with Crippen LogP contribution < -0.4 is 14.8 Å². The Morgan fingerprint density at radius 2 is 1.87 bits per heavy atom. The maximum Gasteiger partial charge on any atom is 0.162 e. The number of Topliss-reactive ketones (excluding diaryl/α,β-unsaturated/α-hetero) is 1. The molecule has 0 aliphatic heterocycles. The molecule has 1 aromatic heterocycles. The first-order valence-corrected chi connectivity index (χ1v) is 9.70. The number of ketones is 1. The average Bonchev–Trinajstić information content (AvgIpc) is 3.24. The third-order valence-corrected chi connectivity index (χ3v) is 5.15. The van der Waals surface area contributed by atoms with Crippen LogP contribution in [0.4, 0.5) is 10.1 Å². The molecule has 1 heterocycles. The SMILES string of the molecule is COc1cc(NC=C(C#N)c2nc(-c3ccc(F)cc3)cs2)c(C(C)=O)cc1OC. The van der Waals surface area contributed by atoms with Crippen LogP contribution in [0.5, 0.6) is 11.5 Å². The van der Waals surface area contributed by atoms with E-state index in [1.807, 2.05) is 0 Å². The summed E-state index contributed by atoms with van der Waals surface area (Å²) in [7, 11) is 2.99. The van der Waals surface area contributed by atoms with Crippen LogP contribution in [0.3, 0.4) is 0 Å². The summed E-state index contributed by atoms with van der Waals surface area (Å²) < 4.78 is 23.7. The van der Waals surface area contributed by atoms with Crippen molar-refractivity contribution in [3.05, 3.63) is 64.4 Å². The molecule has 0 atom stereocenters. The summed E-state index contributed by atoms with van der Waals surface area (Å²) in [6, 6.07) is 11.3. The van der Waals surface area contributed by atoms with E-state index in [0.29, 0.717) is 33.5 Å². The van der Waals surface area contributed by atoms with Gasteiger partial charge in [-0.1, -0.05) is 0 Å². The van der Waals surface area contributed by atoms with Crippen LogP contribution in [0.2, 0.25) is 0 Å². The number of nitriles is 1. The van der Waals surface area contributed by atoms with Crippen LogP contribution >= 0.6 is 11.3 Å². The van der Waals surface area contributed by atoms with E-state index in [-0.39, 0.29) is 17.2 Å². The Labute approximate surface area is 177 Å². The van der Waals surface area contributed by atoms with Gasteiger partial charge < -0.3 is 14.8 Å². The zero-order chi connectivity index (χ0) is 21.7. The molecule has 0 unspecified atom stereocenters. The van der Waals surface area contributed by atoms with E-state index < -0.39 is 0 Å². The van der Waals surface area contributed by atoms with E-state index in [9.17, 15) is 14.4 Å². The number of rotatable bonds is 7. The van der Waals surface area contributed by atoms with Crippen molar-refractivity contribution >= 4 is 28.4 Å². The number of hydrogen-bond donors (Lipinski definition) is 1. The summed E-state index contributed by atoms with van der Waals surface area (Å²) in [5, 5.41) is 14.9. The molecule has 1 N–H and O–H groups in total. The first-order chi connectivity index (χ1) is 14.5. The quantitative estimate of drug-likeness (QED) is 0.418. The van der Waals surface area contributed by atoms with E-state index in [2.05, 4.69) is 16.4 Å². The molecule has 0 amide bonds. The Morgan fingerprint density at radius 1 is 1.20 bits per heavy atom. The normalized spacial score (nSPS) is 11.0. The highest BCUT2D eigenvalue weighted by molar-refractivity contribution is 7.11. The van der Waals surface area contributed by atoms with Gasteiger partial charge in [-0.05, 0) is 37.3 Å². The lowest BCUT2D eigenvalue weighted by Gasteiger charge is -2.13. The minimum atomic E-state index is -0.327. The van der Waals surface area contributed by atoms with Gasteiger partial charge in [-0.2, -0.15) is 5.26 Å². The highest BCUT2D eigenvalue weighted by atomic mass is 32.1. The zero-order valence-corrected chi connectivity index (χ0v) is 17.3. The maximum absolute atomic E-state index is 13.1. The molecule has 0 saturated heterocycles. The fourth-order valence-corrected chi connectivity index (χ4v) is 3.53. The molecule has 0 aliphatic rings. The number of benzene rings is 2. The molecule has 0 spiro atoms. The summed E-state index contributed by atoms with van der Waals surface area (Å²) >= 11 is 1.29. The minimum absolute atomic E-state index is 0.168. The van der Waals surface area contributed by atoms with Gasteiger partial charge >= 0.3 is 0 Å². The third kappa shape index (κ3) is 4.47. The molecule has 0 fully saturated rings. The lowest BCUT2D eigenvalue weighted by molar-refractivity contribution is 0.101. The Hall–Kier alpha value is -3.70. The predicted molar refractivity (Wildman–Crippen MR) is 114 cm³/mol. The monoisotopic (exact) mass is 423 g/mol. The second-order valence-electron chi connectivity index (χ2n) is 6.17. The lowest BCUT2D eigenvalue weighted by Crippen LogP contribution is -2.03. The van der Waals surface area contributed by atoms with Crippen molar-refractivity contribution in [2.45, 2.75) is 6.92 Å². The van der Waals surface area contributed by atoms with Gasteiger partial charge in [-0.15, -0.1) is 11.3 Å². The highest BCUT2D eigenvalue weighted by Gasteiger charge is 2.15. The molecule has 2 aromatic carbocycles. The van der Waals surface area contributed by atoms with Gasteiger partial charge in [0.15, 0.2) is 17.3 Å². The van der Waals surface area contributed by atoms with Crippen LogP contribution in [0, 0.1) is 17.1 Å². The van der Waals surface area contributed by atoms with Gasteiger partial charge in [-0.3, -0.25) is 4.79 Å². The molecule has 6 nitrogen and oxygen atoms in total. The van der Waals surface area contributed by atoms with Crippen molar-refractivity contribution in [1.29, 1.82) is 5.26 Å². The van der Waals surface area contributed by atoms with Crippen molar-refractivity contribution < 1.29 is 18.7 Å². The van der Waals surface area contributed by atoms with Gasteiger partial charge in [-0.25, -0.2) is 9.37 Å². The summed E-state index contributed by atoms with van der Waals surface area (Å²) in [5.74, 6) is 0.386. The van der Waals surface area contributed by atoms with E-state index in [1.165, 1.54) is 50.8 Å². The number of nitrogens with zero attached hydrogens (tertiary/aromatic N) is 2. The fraction of sp³-hybridized carbons (Fsp3) is 0.136. The molecule has 3 rings (SSSR count). The van der Waals surface area contributed by atoms with Gasteiger partial charge in [0.25, 0.3) is 0 Å². The Kier molecular flexibility index (Phi) is 6.45. The molecular formula is C22H18FN3O3S. The Morgan fingerprint density at radius 3 is 2.47 bits per heavy atom. The van der Waals surface area contributed by atoms with Gasteiger partial charge in [0.2, 0.25) is 0 Å². The van der Waals surface area contributed by atoms with Crippen molar-refractivity contribution in [2.75, 3.05) is 19.5 Å². The van der Waals surface area contributed by atoms with E-state index >= 15 is 0 Å². The zero-order valence-electron chi connectivity index (χ0n) is 16.5. The predicted octanol–water partition coefficient (Wildman–Crippen LogP) is 5.15. The first kappa shape index (κ1) is 21.0. The number of carbonyl (C=O) groups is 1.